The third-order valence-corrected chi connectivity index (χ3v) is 4.60. The van der Waals surface area contributed by atoms with E-state index in [0.29, 0.717) is 0 Å². The predicted octanol–water partition coefficient (Wildman–Crippen LogP) is -1.07. The number of halogens is 3. The fourth-order valence-electron chi connectivity index (χ4n) is 2.14. The van der Waals surface area contributed by atoms with Crippen molar-refractivity contribution in [3.63, 3.8) is 0 Å². The van der Waals surface area contributed by atoms with Crippen LogP contribution in [0.5, 0.6) is 0 Å². The van der Waals surface area contributed by atoms with Gasteiger partial charge in [-0.25, -0.2) is 17.9 Å². The van der Waals surface area contributed by atoms with Crippen LogP contribution in [0.2, 0.25) is 0 Å². The number of sulfonamides is 1. The molecule has 0 radical (unpaired) electrons. The number of alkyl halides is 3. The Hall–Kier alpha value is -1.70. The SMILES string of the molecule is Cc1cn([C@H]2C[C@H](O)[C@@H](CNS(=O)(=O)C(F)(F)F)O2)c(=O)[nH]c1=O. The maximum Gasteiger partial charge on any atom is 0.511 e. The van der Waals surface area contributed by atoms with Gasteiger partial charge in [-0.3, -0.25) is 14.3 Å². The van der Waals surface area contributed by atoms with Crippen molar-refractivity contribution in [3.8, 4) is 0 Å². The second-order valence-corrected chi connectivity index (χ2v) is 6.97. The largest absolute Gasteiger partial charge is 0.511 e. The van der Waals surface area contributed by atoms with Crippen LogP contribution in [-0.2, 0) is 14.8 Å². The molecule has 0 aliphatic carbocycles. The third-order valence-electron chi connectivity index (χ3n) is 3.44. The van der Waals surface area contributed by atoms with Gasteiger partial charge in [0.1, 0.15) is 6.23 Å². The molecule has 13 heteroatoms. The predicted molar refractivity (Wildman–Crippen MR) is 73.6 cm³/mol. The minimum atomic E-state index is -5.57. The molecule has 2 rings (SSSR count). The smallest absolute Gasteiger partial charge is 0.390 e. The van der Waals surface area contributed by atoms with Crippen LogP contribution in [0.25, 0.3) is 0 Å². The number of aromatic amines is 1. The summed E-state index contributed by atoms with van der Waals surface area (Å²) in [5.41, 5.74) is -6.72. The van der Waals surface area contributed by atoms with E-state index in [1.165, 1.54) is 17.8 Å². The minimum absolute atomic E-state index is 0.163. The number of hydrogen-bond donors (Lipinski definition) is 3. The van der Waals surface area contributed by atoms with Crippen LogP contribution >= 0.6 is 0 Å². The second-order valence-electron chi connectivity index (χ2n) is 5.21. The van der Waals surface area contributed by atoms with Crippen LogP contribution in [0.1, 0.15) is 18.2 Å². The summed E-state index contributed by atoms with van der Waals surface area (Å²) in [5, 5.41) is 9.81. The molecule has 0 aromatic carbocycles. The van der Waals surface area contributed by atoms with E-state index in [1.807, 2.05) is 4.98 Å². The molecule has 1 aromatic rings. The number of hydrogen-bond acceptors (Lipinski definition) is 6. The lowest BCUT2D eigenvalue weighted by Gasteiger charge is -2.17. The molecule has 3 N–H and O–H groups in total. The fourth-order valence-corrected chi connectivity index (χ4v) is 2.69. The minimum Gasteiger partial charge on any atom is -0.390 e. The highest BCUT2D eigenvalue weighted by atomic mass is 32.2. The molecule has 136 valence electrons. The van der Waals surface area contributed by atoms with Gasteiger partial charge in [0.2, 0.25) is 0 Å². The Morgan fingerprint density at radius 2 is 2.08 bits per heavy atom. The van der Waals surface area contributed by atoms with Gasteiger partial charge in [-0.1, -0.05) is 0 Å². The van der Waals surface area contributed by atoms with E-state index >= 15 is 0 Å². The normalized spacial score (nSPS) is 25.1. The van der Waals surface area contributed by atoms with Crippen molar-refractivity contribution in [1.82, 2.24) is 14.3 Å². The van der Waals surface area contributed by atoms with Crippen molar-refractivity contribution in [1.29, 1.82) is 0 Å². The van der Waals surface area contributed by atoms with Gasteiger partial charge in [-0.15, -0.1) is 0 Å². The lowest BCUT2D eigenvalue weighted by Crippen LogP contribution is -2.42. The lowest BCUT2D eigenvalue weighted by molar-refractivity contribution is -0.0464. The Balaban J connectivity index is 2.12. The first-order valence-electron chi connectivity index (χ1n) is 6.64. The van der Waals surface area contributed by atoms with Gasteiger partial charge in [-0.05, 0) is 6.92 Å². The van der Waals surface area contributed by atoms with Crippen molar-refractivity contribution in [2.45, 2.75) is 37.3 Å². The van der Waals surface area contributed by atoms with Crippen molar-refractivity contribution < 1.29 is 31.4 Å². The average Bonchev–Trinajstić information content (AvgIpc) is 2.80. The Kier molecular flexibility index (Phi) is 4.90. The number of nitrogens with one attached hydrogen (secondary N) is 2. The molecule has 1 aromatic heterocycles. The highest BCUT2D eigenvalue weighted by Gasteiger charge is 2.46. The Morgan fingerprint density at radius 3 is 2.67 bits per heavy atom. The zero-order valence-electron chi connectivity index (χ0n) is 12.2. The summed E-state index contributed by atoms with van der Waals surface area (Å²) in [6.45, 7) is 0.603. The molecule has 0 unspecified atom stereocenters. The monoisotopic (exact) mass is 373 g/mol. The number of rotatable bonds is 4. The molecule has 3 atom stereocenters. The van der Waals surface area contributed by atoms with Crippen molar-refractivity contribution in [3.05, 3.63) is 32.6 Å². The molecule has 0 spiro atoms. The van der Waals surface area contributed by atoms with Crippen LogP contribution in [0.4, 0.5) is 13.2 Å². The molecular weight excluding hydrogens is 359 g/mol. The lowest BCUT2D eigenvalue weighted by atomic mass is 10.2. The molecule has 9 nitrogen and oxygen atoms in total. The zero-order valence-corrected chi connectivity index (χ0v) is 13.0. The van der Waals surface area contributed by atoms with E-state index in [2.05, 4.69) is 0 Å². The number of aromatic nitrogens is 2. The first kappa shape index (κ1) is 18.6. The van der Waals surface area contributed by atoms with Gasteiger partial charge in [-0.2, -0.15) is 13.2 Å². The zero-order chi connectivity index (χ0) is 18.3. The molecule has 0 amide bonds. The van der Waals surface area contributed by atoms with Crippen LogP contribution < -0.4 is 16.0 Å². The van der Waals surface area contributed by atoms with E-state index < -0.39 is 51.8 Å². The van der Waals surface area contributed by atoms with Gasteiger partial charge in [0.15, 0.2) is 0 Å². The number of ether oxygens (including phenoxy) is 1. The number of aliphatic hydroxyl groups is 1. The Bertz CT molecular complexity index is 831. The van der Waals surface area contributed by atoms with Crippen molar-refractivity contribution >= 4 is 10.0 Å². The topological polar surface area (TPSA) is 130 Å². The summed E-state index contributed by atoms with van der Waals surface area (Å²) < 4.78 is 66.1. The molecule has 1 aliphatic heterocycles. The second kappa shape index (κ2) is 6.31. The van der Waals surface area contributed by atoms with E-state index in [0.717, 1.165) is 4.57 Å². The van der Waals surface area contributed by atoms with E-state index in [4.69, 9.17) is 4.74 Å². The third kappa shape index (κ3) is 3.68. The van der Waals surface area contributed by atoms with Gasteiger partial charge in [0, 0.05) is 24.7 Å². The molecule has 24 heavy (non-hydrogen) atoms. The first-order chi connectivity index (χ1) is 10.9. The molecule has 1 saturated heterocycles. The summed E-state index contributed by atoms with van der Waals surface area (Å²) >= 11 is 0. The van der Waals surface area contributed by atoms with Gasteiger partial charge in [0.05, 0.1) is 12.2 Å². The molecule has 0 bridgehead atoms. The van der Waals surface area contributed by atoms with E-state index in [9.17, 15) is 36.3 Å². The number of H-pyrrole nitrogens is 1. The van der Waals surface area contributed by atoms with E-state index in [1.54, 1.807) is 0 Å². The number of aryl methyl sites for hydroxylation is 1. The van der Waals surface area contributed by atoms with Crippen LogP contribution in [0, 0.1) is 6.92 Å². The Labute approximate surface area is 133 Å². The highest BCUT2D eigenvalue weighted by molar-refractivity contribution is 7.90. The van der Waals surface area contributed by atoms with Gasteiger partial charge >= 0.3 is 21.2 Å². The summed E-state index contributed by atoms with van der Waals surface area (Å²) in [6, 6.07) is 0. The molecule has 1 fully saturated rings. The highest BCUT2D eigenvalue weighted by Crippen LogP contribution is 2.28. The van der Waals surface area contributed by atoms with E-state index in [-0.39, 0.29) is 12.0 Å². The fraction of sp³-hybridized carbons (Fsp3) is 0.636. The van der Waals surface area contributed by atoms with Crippen LogP contribution in [0.15, 0.2) is 15.8 Å². The maximum absolute atomic E-state index is 12.2. The first-order valence-corrected chi connectivity index (χ1v) is 8.12. The number of aliphatic hydroxyl groups excluding tert-OH is 1. The summed E-state index contributed by atoms with van der Waals surface area (Å²) in [7, 11) is -5.57. The maximum atomic E-state index is 12.2. The van der Waals surface area contributed by atoms with Gasteiger partial charge < -0.3 is 9.84 Å². The molecule has 2 heterocycles. The van der Waals surface area contributed by atoms with Crippen LogP contribution in [0.3, 0.4) is 0 Å². The van der Waals surface area contributed by atoms with Crippen molar-refractivity contribution in [2.75, 3.05) is 6.54 Å². The molecular formula is C11H14F3N3O6S. The van der Waals surface area contributed by atoms with Crippen LogP contribution in [-0.4, -0.2) is 47.3 Å². The van der Waals surface area contributed by atoms with Gasteiger partial charge in [0.25, 0.3) is 5.56 Å². The molecule has 0 saturated carbocycles. The summed E-state index contributed by atoms with van der Waals surface area (Å²) in [4.78, 5) is 25.0. The summed E-state index contributed by atoms with van der Waals surface area (Å²) in [5.74, 6) is 0. The quantitative estimate of drug-likeness (QED) is 0.616. The molecule has 1 aliphatic rings. The number of nitrogens with zero attached hydrogens (tertiary/aromatic N) is 1. The average molecular weight is 373 g/mol. The summed E-state index contributed by atoms with van der Waals surface area (Å²) in [6.07, 6.45) is -2.62. The standard InChI is InChI=1S/C11H14F3N3O6S/c1-5-4-17(10(20)16-9(5)19)8-2-6(18)7(23-8)3-15-24(21,22)11(12,13)14/h4,6-8,15,18H,2-3H2,1H3,(H,16,19,20)/t6-,7+,8+/m0/s1. The van der Waals surface area contributed by atoms with Crippen molar-refractivity contribution in [2.24, 2.45) is 0 Å². The Morgan fingerprint density at radius 1 is 1.46 bits per heavy atom.